The maximum atomic E-state index is 14.2. The second-order valence-corrected chi connectivity index (χ2v) is 5.14. The van der Waals surface area contributed by atoms with Crippen LogP contribution < -0.4 is 10.2 Å². The standard InChI is InChI=1S/C15H22F2N2O/c1-3-19(6-7-20-2)15-13(16)8-11(9-14(15)17)10-18-12-4-5-12/h8-9,12,18H,3-7,10H2,1-2H3. The first kappa shape index (κ1) is 15.2. The van der Waals surface area contributed by atoms with Gasteiger partial charge in [-0.3, -0.25) is 0 Å². The van der Waals surface area contributed by atoms with Gasteiger partial charge in [-0.15, -0.1) is 0 Å². The second kappa shape index (κ2) is 6.99. The Balaban J connectivity index is 2.11. The van der Waals surface area contributed by atoms with Crippen molar-refractivity contribution in [2.24, 2.45) is 0 Å². The zero-order valence-electron chi connectivity index (χ0n) is 12.1. The highest BCUT2D eigenvalue weighted by molar-refractivity contribution is 5.50. The minimum absolute atomic E-state index is 0.0414. The van der Waals surface area contributed by atoms with Crippen LogP contribution in [0.15, 0.2) is 12.1 Å². The first-order chi connectivity index (χ1) is 9.65. The Bertz CT molecular complexity index is 426. The van der Waals surface area contributed by atoms with Crippen molar-refractivity contribution in [1.29, 1.82) is 0 Å². The number of benzene rings is 1. The maximum Gasteiger partial charge on any atom is 0.149 e. The summed E-state index contributed by atoms with van der Waals surface area (Å²) in [4.78, 5) is 1.66. The van der Waals surface area contributed by atoms with Crippen molar-refractivity contribution in [2.45, 2.75) is 32.4 Å². The van der Waals surface area contributed by atoms with Crippen molar-refractivity contribution < 1.29 is 13.5 Å². The smallest absolute Gasteiger partial charge is 0.149 e. The molecule has 0 amide bonds. The third kappa shape index (κ3) is 3.90. The zero-order chi connectivity index (χ0) is 14.5. The number of nitrogens with one attached hydrogen (secondary N) is 1. The van der Waals surface area contributed by atoms with Crippen LogP contribution in [0.4, 0.5) is 14.5 Å². The van der Waals surface area contributed by atoms with Crippen LogP contribution in [0.3, 0.4) is 0 Å². The summed E-state index contributed by atoms with van der Waals surface area (Å²) < 4.78 is 33.3. The van der Waals surface area contributed by atoms with Crippen molar-refractivity contribution in [3.05, 3.63) is 29.3 Å². The molecule has 5 heteroatoms. The molecule has 0 unspecified atom stereocenters. The van der Waals surface area contributed by atoms with Crippen LogP contribution in [0.2, 0.25) is 0 Å². The van der Waals surface area contributed by atoms with Crippen LogP contribution in [0.25, 0.3) is 0 Å². The van der Waals surface area contributed by atoms with E-state index in [9.17, 15) is 8.78 Å². The Morgan fingerprint density at radius 2 is 1.95 bits per heavy atom. The molecule has 1 fully saturated rings. The van der Waals surface area contributed by atoms with E-state index >= 15 is 0 Å². The summed E-state index contributed by atoms with van der Waals surface area (Å²) in [5, 5.41) is 3.26. The average molecular weight is 284 g/mol. The number of hydrogen-bond donors (Lipinski definition) is 1. The molecule has 0 radical (unpaired) electrons. The van der Waals surface area contributed by atoms with Gasteiger partial charge in [-0.25, -0.2) is 8.78 Å². The van der Waals surface area contributed by atoms with E-state index in [0.29, 0.717) is 37.8 Å². The fraction of sp³-hybridized carbons (Fsp3) is 0.600. The number of halogens is 2. The minimum atomic E-state index is -0.504. The largest absolute Gasteiger partial charge is 0.383 e. The Kier molecular flexibility index (Phi) is 5.31. The van der Waals surface area contributed by atoms with Crippen LogP contribution in [0.5, 0.6) is 0 Å². The lowest BCUT2D eigenvalue weighted by Crippen LogP contribution is -2.29. The quantitative estimate of drug-likeness (QED) is 0.794. The first-order valence-electron chi connectivity index (χ1n) is 7.11. The fourth-order valence-corrected chi connectivity index (χ4v) is 2.20. The molecular weight excluding hydrogens is 262 g/mol. The molecular formula is C15H22F2N2O. The molecule has 1 aromatic carbocycles. The Morgan fingerprint density at radius 1 is 1.30 bits per heavy atom. The molecule has 0 atom stereocenters. The molecule has 0 aliphatic heterocycles. The molecule has 112 valence electrons. The highest BCUT2D eigenvalue weighted by Crippen LogP contribution is 2.26. The zero-order valence-corrected chi connectivity index (χ0v) is 12.1. The van der Waals surface area contributed by atoms with Gasteiger partial charge in [-0.2, -0.15) is 0 Å². The molecule has 0 saturated heterocycles. The summed E-state index contributed by atoms with van der Waals surface area (Å²) in [6, 6.07) is 3.36. The summed E-state index contributed by atoms with van der Waals surface area (Å²) >= 11 is 0. The van der Waals surface area contributed by atoms with Gasteiger partial charge in [0.1, 0.15) is 17.3 Å². The van der Waals surface area contributed by atoms with E-state index < -0.39 is 11.6 Å². The summed E-state index contributed by atoms with van der Waals surface area (Å²) in [6.45, 7) is 3.84. The topological polar surface area (TPSA) is 24.5 Å². The predicted molar refractivity (Wildman–Crippen MR) is 76.0 cm³/mol. The van der Waals surface area contributed by atoms with Crippen molar-refractivity contribution >= 4 is 5.69 Å². The summed E-state index contributed by atoms with van der Waals surface area (Å²) in [5.74, 6) is -1.01. The molecule has 1 N–H and O–H groups in total. The predicted octanol–water partition coefficient (Wildman–Crippen LogP) is 2.69. The molecule has 1 aliphatic carbocycles. The second-order valence-electron chi connectivity index (χ2n) is 5.14. The molecule has 2 rings (SSSR count). The lowest BCUT2D eigenvalue weighted by atomic mass is 10.1. The van der Waals surface area contributed by atoms with Crippen LogP contribution in [0, 0.1) is 11.6 Å². The number of methoxy groups -OCH3 is 1. The minimum Gasteiger partial charge on any atom is -0.383 e. The Morgan fingerprint density at radius 3 is 2.45 bits per heavy atom. The molecule has 0 aromatic heterocycles. The molecule has 0 spiro atoms. The number of rotatable bonds is 8. The van der Waals surface area contributed by atoms with Gasteiger partial charge in [0, 0.05) is 32.8 Å². The molecule has 0 bridgehead atoms. The van der Waals surface area contributed by atoms with E-state index in [4.69, 9.17) is 4.74 Å². The number of hydrogen-bond acceptors (Lipinski definition) is 3. The normalized spacial score (nSPS) is 14.6. The van der Waals surface area contributed by atoms with Crippen LogP contribution in [-0.4, -0.2) is 32.8 Å². The summed E-state index contributed by atoms with van der Waals surface area (Å²) in [5.41, 5.74) is 0.693. The van der Waals surface area contributed by atoms with E-state index in [2.05, 4.69) is 5.32 Å². The third-order valence-electron chi connectivity index (χ3n) is 3.51. The van der Waals surface area contributed by atoms with E-state index in [1.807, 2.05) is 6.92 Å². The van der Waals surface area contributed by atoms with Gasteiger partial charge in [-0.05, 0) is 37.5 Å². The first-order valence-corrected chi connectivity index (χ1v) is 7.11. The van der Waals surface area contributed by atoms with Gasteiger partial charge in [0.15, 0.2) is 0 Å². The molecule has 20 heavy (non-hydrogen) atoms. The van der Waals surface area contributed by atoms with E-state index in [1.54, 1.807) is 12.0 Å². The highest BCUT2D eigenvalue weighted by Gasteiger charge is 2.21. The molecule has 1 saturated carbocycles. The van der Waals surface area contributed by atoms with Gasteiger partial charge in [0.2, 0.25) is 0 Å². The van der Waals surface area contributed by atoms with Gasteiger partial charge in [0.05, 0.1) is 6.61 Å². The fourth-order valence-electron chi connectivity index (χ4n) is 2.20. The molecule has 3 nitrogen and oxygen atoms in total. The van der Waals surface area contributed by atoms with Gasteiger partial charge in [0.25, 0.3) is 0 Å². The van der Waals surface area contributed by atoms with Crippen LogP contribution >= 0.6 is 0 Å². The molecule has 1 aromatic rings. The number of likely N-dealkylation sites (N-methyl/N-ethyl adjacent to an activating group) is 1. The van der Waals surface area contributed by atoms with Gasteiger partial charge < -0.3 is 15.0 Å². The maximum absolute atomic E-state index is 14.2. The van der Waals surface area contributed by atoms with E-state index in [0.717, 1.165) is 12.8 Å². The monoisotopic (exact) mass is 284 g/mol. The van der Waals surface area contributed by atoms with E-state index in [-0.39, 0.29) is 5.69 Å². The average Bonchev–Trinajstić information content (AvgIpc) is 3.23. The summed E-state index contributed by atoms with van der Waals surface area (Å²) in [7, 11) is 1.58. The SMILES string of the molecule is CCN(CCOC)c1c(F)cc(CNC2CC2)cc1F. The van der Waals surface area contributed by atoms with Crippen LogP contribution in [0.1, 0.15) is 25.3 Å². The summed E-state index contributed by atoms with van der Waals surface area (Å²) in [6.07, 6.45) is 2.31. The third-order valence-corrected chi connectivity index (χ3v) is 3.51. The van der Waals surface area contributed by atoms with Crippen molar-refractivity contribution in [3.63, 3.8) is 0 Å². The lowest BCUT2D eigenvalue weighted by Gasteiger charge is -2.24. The number of ether oxygens (including phenoxy) is 1. The number of anilines is 1. The molecule has 1 aliphatic rings. The Labute approximate surface area is 118 Å². The van der Waals surface area contributed by atoms with E-state index in [1.165, 1.54) is 12.1 Å². The lowest BCUT2D eigenvalue weighted by molar-refractivity contribution is 0.205. The Hall–Kier alpha value is -1.20. The highest BCUT2D eigenvalue weighted by atomic mass is 19.1. The van der Waals surface area contributed by atoms with Crippen molar-refractivity contribution in [3.8, 4) is 0 Å². The number of nitrogens with zero attached hydrogens (tertiary/aromatic N) is 1. The van der Waals surface area contributed by atoms with Crippen LogP contribution in [-0.2, 0) is 11.3 Å². The van der Waals surface area contributed by atoms with Crippen molar-refractivity contribution in [1.82, 2.24) is 5.32 Å². The van der Waals surface area contributed by atoms with Gasteiger partial charge in [-0.1, -0.05) is 0 Å². The van der Waals surface area contributed by atoms with Crippen molar-refractivity contribution in [2.75, 3.05) is 31.7 Å². The van der Waals surface area contributed by atoms with Gasteiger partial charge >= 0.3 is 0 Å². The molecule has 0 heterocycles.